The van der Waals surface area contributed by atoms with Crippen molar-refractivity contribution < 1.29 is 5.11 Å². The van der Waals surface area contributed by atoms with E-state index in [0.29, 0.717) is 6.42 Å². The van der Waals surface area contributed by atoms with Crippen LogP contribution in [-0.4, -0.2) is 19.8 Å². The maximum absolute atomic E-state index is 8.46. The van der Waals surface area contributed by atoms with Gasteiger partial charge < -0.3 is 5.11 Å². The van der Waals surface area contributed by atoms with Gasteiger partial charge in [0, 0.05) is 6.42 Å². The zero-order valence-electron chi connectivity index (χ0n) is 7.57. The van der Waals surface area contributed by atoms with Crippen molar-refractivity contribution in [2.75, 3.05) is 6.61 Å². The predicted molar refractivity (Wildman–Crippen MR) is 52.0 cm³/mol. The van der Waals surface area contributed by atoms with Gasteiger partial charge in [0.1, 0.15) is 0 Å². The topological polar surface area (TPSA) is 20.2 Å². The molecule has 0 unspecified atom stereocenters. The average molecular weight is 168 g/mol. The summed E-state index contributed by atoms with van der Waals surface area (Å²) in [5, 5.41) is 9.52. The van der Waals surface area contributed by atoms with Gasteiger partial charge in [-0.2, -0.15) is 0 Å². The van der Waals surface area contributed by atoms with Crippen molar-refractivity contribution in [3.63, 3.8) is 0 Å². The zero-order valence-corrected chi connectivity index (χ0v) is 8.57. The summed E-state index contributed by atoms with van der Waals surface area (Å²) >= 11 is 0. The Bertz CT molecular complexity index is 190. The van der Waals surface area contributed by atoms with Crippen molar-refractivity contribution in [1.82, 2.24) is 0 Å². The molecule has 0 aliphatic carbocycles. The lowest BCUT2D eigenvalue weighted by atomic mass is 10.4. The summed E-state index contributed by atoms with van der Waals surface area (Å²) in [6.45, 7) is 10.7. The highest BCUT2D eigenvalue weighted by molar-refractivity contribution is 6.83. The fourth-order valence-electron chi connectivity index (χ4n) is 0.413. The van der Waals surface area contributed by atoms with Gasteiger partial charge in [0.05, 0.1) is 14.7 Å². The molecule has 0 aromatic heterocycles. The summed E-state index contributed by atoms with van der Waals surface area (Å²) in [6.07, 6.45) is 0.559. The first-order valence-electron chi connectivity index (χ1n) is 3.77. The third kappa shape index (κ3) is 4.83. The second-order valence-corrected chi connectivity index (χ2v) is 8.61. The van der Waals surface area contributed by atoms with Crippen molar-refractivity contribution in [2.24, 2.45) is 0 Å². The zero-order chi connectivity index (χ0) is 8.91. The van der Waals surface area contributed by atoms with E-state index < -0.39 is 8.07 Å². The van der Waals surface area contributed by atoms with Gasteiger partial charge in [0.15, 0.2) is 0 Å². The summed E-state index contributed by atoms with van der Waals surface area (Å²) in [4.78, 5) is 0. The van der Waals surface area contributed by atoms with Crippen molar-refractivity contribution in [1.29, 1.82) is 0 Å². The van der Waals surface area contributed by atoms with E-state index in [-0.39, 0.29) is 6.61 Å². The van der Waals surface area contributed by atoms with Crippen LogP contribution in [-0.2, 0) is 0 Å². The molecular formula is C9H16OSi. The van der Waals surface area contributed by atoms with Gasteiger partial charge in [0.25, 0.3) is 0 Å². The molecule has 11 heavy (non-hydrogen) atoms. The molecular weight excluding hydrogens is 152 g/mol. The molecule has 62 valence electrons. The fourth-order valence-corrected chi connectivity index (χ4v) is 0.876. The minimum atomic E-state index is -1.26. The number of hydrogen-bond acceptors (Lipinski definition) is 1. The molecule has 0 rings (SSSR count). The molecule has 0 spiro atoms. The lowest BCUT2D eigenvalue weighted by Crippen LogP contribution is -2.21. The summed E-state index contributed by atoms with van der Waals surface area (Å²) < 4.78 is 0. The summed E-state index contributed by atoms with van der Waals surface area (Å²) in [5.74, 6) is 5.86. The molecule has 0 aromatic rings. The van der Waals surface area contributed by atoms with E-state index in [0.717, 1.165) is 5.20 Å². The highest BCUT2D eigenvalue weighted by atomic mass is 28.3. The van der Waals surface area contributed by atoms with Crippen molar-refractivity contribution in [2.45, 2.75) is 26.1 Å². The molecule has 0 aliphatic heterocycles. The van der Waals surface area contributed by atoms with Gasteiger partial charge in [-0.05, 0) is 5.20 Å². The SMILES string of the molecule is C=C(C#CCCO)[Si](C)(C)C. The third-order valence-electron chi connectivity index (χ3n) is 1.38. The third-order valence-corrected chi connectivity index (χ3v) is 3.32. The van der Waals surface area contributed by atoms with Gasteiger partial charge in [-0.1, -0.05) is 38.1 Å². The molecule has 0 aromatic carbocycles. The second kappa shape index (κ2) is 4.37. The molecule has 0 aliphatic rings. The second-order valence-electron chi connectivity index (χ2n) is 3.50. The summed E-state index contributed by atoms with van der Waals surface area (Å²) in [5.41, 5.74) is 0. The summed E-state index contributed by atoms with van der Waals surface area (Å²) in [6, 6.07) is 0. The standard InChI is InChI=1S/C9H16OSi/c1-9(11(2,3)4)7-5-6-8-10/h10H,1,6,8H2,2-4H3. The van der Waals surface area contributed by atoms with E-state index >= 15 is 0 Å². The number of hydrogen-bond donors (Lipinski definition) is 1. The molecule has 1 N–H and O–H groups in total. The van der Waals surface area contributed by atoms with E-state index in [1.807, 2.05) is 0 Å². The van der Waals surface area contributed by atoms with E-state index in [9.17, 15) is 0 Å². The fraction of sp³-hybridized carbons (Fsp3) is 0.556. The van der Waals surface area contributed by atoms with Crippen LogP contribution in [0.15, 0.2) is 11.8 Å². The van der Waals surface area contributed by atoms with Crippen LogP contribution in [0, 0.1) is 11.8 Å². The Balaban J connectivity index is 4.01. The first-order valence-corrected chi connectivity index (χ1v) is 7.27. The Morgan fingerprint density at radius 2 is 2.00 bits per heavy atom. The Morgan fingerprint density at radius 1 is 1.45 bits per heavy atom. The Labute approximate surface area is 70.1 Å². The van der Waals surface area contributed by atoms with Crippen molar-refractivity contribution >= 4 is 8.07 Å². The van der Waals surface area contributed by atoms with Crippen molar-refractivity contribution in [3.8, 4) is 11.8 Å². The predicted octanol–water partition coefficient (Wildman–Crippen LogP) is 1.81. The molecule has 0 saturated carbocycles. The molecule has 0 bridgehead atoms. The van der Waals surface area contributed by atoms with Gasteiger partial charge >= 0.3 is 0 Å². The van der Waals surface area contributed by atoms with Crippen LogP contribution in [0.1, 0.15) is 6.42 Å². The lowest BCUT2D eigenvalue weighted by molar-refractivity contribution is 0.305. The number of aliphatic hydroxyl groups is 1. The first kappa shape index (κ1) is 10.5. The van der Waals surface area contributed by atoms with Crippen LogP contribution in [0.3, 0.4) is 0 Å². The highest BCUT2D eigenvalue weighted by Crippen LogP contribution is 2.10. The Hall–Kier alpha value is -0.523. The Morgan fingerprint density at radius 3 is 2.36 bits per heavy atom. The molecule has 0 saturated heterocycles. The quantitative estimate of drug-likeness (QED) is 0.492. The van der Waals surface area contributed by atoms with Gasteiger partial charge in [-0.15, -0.1) is 0 Å². The lowest BCUT2D eigenvalue weighted by Gasteiger charge is -2.13. The van der Waals surface area contributed by atoms with Gasteiger partial charge in [0.2, 0.25) is 0 Å². The molecule has 2 heteroatoms. The van der Waals surface area contributed by atoms with Crippen LogP contribution >= 0.6 is 0 Å². The van der Waals surface area contributed by atoms with E-state index in [2.05, 4.69) is 38.1 Å². The summed E-state index contributed by atoms with van der Waals surface area (Å²) in [7, 11) is -1.26. The Kier molecular flexibility index (Phi) is 4.17. The molecule has 0 amide bonds. The van der Waals surface area contributed by atoms with E-state index in [4.69, 9.17) is 5.11 Å². The molecule has 0 atom stereocenters. The first-order chi connectivity index (χ1) is 4.98. The van der Waals surface area contributed by atoms with Gasteiger partial charge in [-0.25, -0.2) is 0 Å². The van der Waals surface area contributed by atoms with Crippen LogP contribution in [0.2, 0.25) is 19.6 Å². The van der Waals surface area contributed by atoms with Crippen LogP contribution in [0.25, 0.3) is 0 Å². The van der Waals surface area contributed by atoms with E-state index in [1.54, 1.807) is 0 Å². The number of rotatable bonds is 2. The highest BCUT2D eigenvalue weighted by Gasteiger charge is 2.15. The number of allylic oxidation sites excluding steroid dienone is 1. The minimum absolute atomic E-state index is 0.145. The van der Waals surface area contributed by atoms with Gasteiger partial charge in [-0.3, -0.25) is 0 Å². The molecule has 0 fully saturated rings. The number of aliphatic hydroxyl groups excluding tert-OH is 1. The van der Waals surface area contributed by atoms with Crippen LogP contribution < -0.4 is 0 Å². The van der Waals surface area contributed by atoms with Crippen LogP contribution in [0.4, 0.5) is 0 Å². The van der Waals surface area contributed by atoms with E-state index in [1.165, 1.54) is 0 Å². The van der Waals surface area contributed by atoms with Crippen molar-refractivity contribution in [3.05, 3.63) is 11.8 Å². The smallest absolute Gasteiger partial charge is 0.0876 e. The average Bonchev–Trinajstić information content (AvgIpc) is 1.86. The molecule has 0 heterocycles. The van der Waals surface area contributed by atoms with Crippen LogP contribution in [0.5, 0.6) is 0 Å². The molecule has 0 radical (unpaired) electrons. The largest absolute Gasteiger partial charge is 0.395 e. The molecule has 1 nitrogen and oxygen atoms in total. The maximum atomic E-state index is 8.46. The minimum Gasteiger partial charge on any atom is -0.395 e. The normalized spacial score (nSPS) is 10.2. The maximum Gasteiger partial charge on any atom is 0.0876 e. The monoisotopic (exact) mass is 168 g/mol.